The van der Waals surface area contributed by atoms with E-state index in [0.29, 0.717) is 12.4 Å². The Hall–Kier alpha value is -2.17. The molecule has 0 fully saturated rings. The van der Waals surface area contributed by atoms with E-state index in [-0.39, 0.29) is 5.91 Å². The molecular weight excluding hydrogens is 252 g/mol. The predicted octanol–water partition coefficient (Wildman–Crippen LogP) is 1.93. The average molecular weight is 272 g/mol. The molecule has 1 heterocycles. The first-order chi connectivity index (χ1) is 9.65. The van der Waals surface area contributed by atoms with E-state index in [1.807, 2.05) is 55.0 Å². The molecule has 0 spiro atoms. The molecule has 5 nitrogen and oxygen atoms in total. The number of benzene rings is 1. The second kappa shape index (κ2) is 6.32. The fourth-order valence-electron chi connectivity index (χ4n) is 2.09. The summed E-state index contributed by atoms with van der Waals surface area (Å²) in [6.07, 6.45) is 1.71. The van der Waals surface area contributed by atoms with Crippen molar-refractivity contribution in [3.8, 4) is 0 Å². The zero-order valence-electron chi connectivity index (χ0n) is 12.2. The van der Waals surface area contributed by atoms with Crippen LogP contribution in [-0.4, -0.2) is 47.5 Å². The van der Waals surface area contributed by atoms with Gasteiger partial charge < -0.3 is 9.80 Å². The third kappa shape index (κ3) is 3.04. The number of carbonyl (C=O) groups is 1. The van der Waals surface area contributed by atoms with E-state index in [1.54, 1.807) is 6.20 Å². The fraction of sp³-hybridized carbons (Fsp3) is 0.400. The van der Waals surface area contributed by atoms with Crippen LogP contribution in [0.2, 0.25) is 0 Å². The van der Waals surface area contributed by atoms with Crippen LogP contribution in [0.25, 0.3) is 11.0 Å². The van der Waals surface area contributed by atoms with E-state index in [1.165, 1.54) is 0 Å². The quantitative estimate of drug-likeness (QED) is 0.834. The lowest BCUT2D eigenvalue weighted by atomic mass is 10.3. The van der Waals surface area contributed by atoms with Crippen LogP contribution in [0.3, 0.4) is 0 Å². The number of carbonyl (C=O) groups excluding carboxylic acids is 1. The standard InChI is InChI=1S/C15H20N4O/c1-4-19(5-2)15(20)11-18(3)14-10-16-12-8-6-7-9-13(12)17-14/h6-10H,4-5,11H2,1-3H3. The highest BCUT2D eigenvalue weighted by Crippen LogP contribution is 2.14. The molecule has 0 aliphatic heterocycles. The maximum Gasteiger partial charge on any atom is 0.242 e. The second-order valence-electron chi connectivity index (χ2n) is 4.64. The number of hydrogen-bond acceptors (Lipinski definition) is 4. The third-order valence-electron chi connectivity index (χ3n) is 3.32. The smallest absolute Gasteiger partial charge is 0.242 e. The summed E-state index contributed by atoms with van der Waals surface area (Å²) in [4.78, 5) is 24.6. The van der Waals surface area contributed by atoms with Gasteiger partial charge in [0.05, 0.1) is 23.8 Å². The van der Waals surface area contributed by atoms with Crippen molar-refractivity contribution < 1.29 is 4.79 Å². The molecule has 0 bridgehead atoms. The largest absolute Gasteiger partial charge is 0.349 e. The lowest BCUT2D eigenvalue weighted by molar-refractivity contribution is -0.129. The minimum atomic E-state index is 0.104. The molecule has 0 unspecified atom stereocenters. The number of hydrogen-bond donors (Lipinski definition) is 0. The first-order valence-electron chi connectivity index (χ1n) is 6.86. The zero-order chi connectivity index (χ0) is 14.5. The number of para-hydroxylation sites is 2. The minimum Gasteiger partial charge on any atom is -0.349 e. The fourth-order valence-corrected chi connectivity index (χ4v) is 2.09. The molecule has 106 valence electrons. The Balaban J connectivity index is 2.14. The predicted molar refractivity (Wildman–Crippen MR) is 80.7 cm³/mol. The summed E-state index contributed by atoms with van der Waals surface area (Å²) in [5.41, 5.74) is 1.70. The van der Waals surface area contributed by atoms with Crippen LogP contribution < -0.4 is 4.90 Å². The Morgan fingerprint density at radius 3 is 2.45 bits per heavy atom. The van der Waals surface area contributed by atoms with Gasteiger partial charge in [-0.1, -0.05) is 12.1 Å². The van der Waals surface area contributed by atoms with Crippen LogP contribution in [-0.2, 0) is 4.79 Å². The number of rotatable bonds is 5. The molecule has 0 aliphatic rings. The number of likely N-dealkylation sites (N-methyl/N-ethyl adjacent to an activating group) is 2. The Labute approximate surface area is 119 Å². The lowest BCUT2D eigenvalue weighted by Crippen LogP contribution is -2.39. The van der Waals surface area contributed by atoms with Gasteiger partial charge in [-0.05, 0) is 26.0 Å². The third-order valence-corrected chi connectivity index (χ3v) is 3.32. The molecule has 5 heteroatoms. The number of fused-ring (bicyclic) bond motifs is 1. The van der Waals surface area contributed by atoms with Gasteiger partial charge in [-0.2, -0.15) is 0 Å². The molecule has 20 heavy (non-hydrogen) atoms. The summed E-state index contributed by atoms with van der Waals surface area (Å²) < 4.78 is 0. The minimum absolute atomic E-state index is 0.104. The number of aromatic nitrogens is 2. The highest BCUT2D eigenvalue weighted by atomic mass is 16.2. The summed E-state index contributed by atoms with van der Waals surface area (Å²) in [5, 5.41) is 0. The Morgan fingerprint density at radius 1 is 1.15 bits per heavy atom. The maximum atomic E-state index is 12.1. The molecular formula is C15H20N4O. The summed E-state index contributed by atoms with van der Waals surface area (Å²) in [6.45, 7) is 5.74. The van der Waals surface area contributed by atoms with Gasteiger partial charge in [0.1, 0.15) is 5.82 Å². The Kier molecular flexibility index (Phi) is 4.50. The first-order valence-corrected chi connectivity index (χ1v) is 6.86. The van der Waals surface area contributed by atoms with Crippen molar-refractivity contribution in [1.29, 1.82) is 0 Å². The van der Waals surface area contributed by atoms with Crippen molar-refractivity contribution in [3.63, 3.8) is 0 Å². The van der Waals surface area contributed by atoms with Gasteiger partial charge in [-0.3, -0.25) is 9.78 Å². The van der Waals surface area contributed by atoms with Crippen LogP contribution in [0.15, 0.2) is 30.5 Å². The number of anilines is 1. The van der Waals surface area contributed by atoms with Crippen molar-refractivity contribution in [2.45, 2.75) is 13.8 Å². The first kappa shape index (κ1) is 14.2. The highest BCUT2D eigenvalue weighted by Gasteiger charge is 2.14. The second-order valence-corrected chi connectivity index (χ2v) is 4.64. The molecule has 0 radical (unpaired) electrons. The van der Waals surface area contributed by atoms with Crippen LogP contribution in [0.5, 0.6) is 0 Å². The molecule has 0 atom stereocenters. The molecule has 1 aromatic carbocycles. The van der Waals surface area contributed by atoms with Crippen LogP contribution in [0, 0.1) is 0 Å². The average Bonchev–Trinajstić information content (AvgIpc) is 2.48. The van der Waals surface area contributed by atoms with Crippen LogP contribution >= 0.6 is 0 Å². The van der Waals surface area contributed by atoms with E-state index >= 15 is 0 Å². The molecule has 2 aromatic rings. The molecule has 0 saturated heterocycles. The molecule has 2 rings (SSSR count). The molecule has 0 saturated carbocycles. The monoisotopic (exact) mass is 272 g/mol. The Morgan fingerprint density at radius 2 is 1.80 bits per heavy atom. The highest BCUT2D eigenvalue weighted by molar-refractivity contribution is 5.81. The Bertz CT molecular complexity index is 595. The van der Waals surface area contributed by atoms with Gasteiger partial charge in [-0.15, -0.1) is 0 Å². The summed E-state index contributed by atoms with van der Waals surface area (Å²) >= 11 is 0. The lowest BCUT2D eigenvalue weighted by Gasteiger charge is -2.23. The summed E-state index contributed by atoms with van der Waals surface area (Å²) in [5.74, 6) is 0.816. The summed E-state index contributed by atoms with van der Waals surface area (Å²) in [6, 6.07) is 7.71. The topological polar surface area (TPSA) is 49.3 Å². The normalized spacial score (nSPS) is 10.6. The van der Waals surface area contributed by atoms with E-state index < -0.39 is 0 Å². The van der Waals surface area contributed by atoms with Crippen molar-refractivity contribution in [2.75, 3.05) is 31.6 Å². The van der Waals surface area contributed by atoms with Crippen molar-refractivity contribution in [2.24, 2.45) is 0 Å². The van der Waals surface area contributed by atoms with Gasteiger partial charge in [0.2, 0.25) is 5.91 Å². The van der Waals surface area contributed by atoms with E-state index in [2.05, 4.69) is 9.97 Å². The van der Waals surface area contributed by atoms with E-state index in [0.717, 1.165) is 24.1 Å². The SMILES string of the molecule is CCN(CC)C(=O)CN(C)c1cnc2ccccc2n1. The zero-order valence-corrected chi connectivity index (χ0v) is 12.2. The molecule has 1 amide bonds. The summed E-state index contributed by atoms with van der Waals surface area (Å²) in [7, 11) is 1.86. The molecule has 0 aliphatic carbocycles. The number of amides is 1. The maximum absolute atomic E-state index is 12.1. The van der Waals surface area contributed by atoms with Crippen molar-refractivity contribution in [1.82, 2.24) is 14.9 Å². The van der Waals surface area contributed by atoms with Gasteiger partial charge in [-0.25, -0.2) is 4.98 Å². The van der Waals surface area contributed by atoms with Gasteiger partial charge >= 0.3 is 0 Å². The van der Waals surface area contributed by atoms with E-state index in [4.69, 9.17) is 0 Å². The van der Waals surface area contributed by atoms with Gasteiger partial charge in [0.25, 0.3) is 0 Å². The molecule has 0 N–H and O–H groups in total. The van der Waals surface area contributed by atoms with Gasteiger partial charge in [0, 0.05) is 20.1 Å². The van der Waals surface area contributed by atoms with Crippen molar-refractivity contribution in [3.05, 3.63) is 30.5 Å². The van der Waals surface area contributed by atoms with Gasteiger partial charge in [0.15, 0.2) is 0 Å². The van der Waals surface area contributed by atoms with Crippen LogP contribution in [0.4, 0.5) is 5.82 Å². The number of nitrogens with zero attached hydrogens (tertiary/aromatic N) is 4. The van der Waals surface area contributed by atoms with Crippen LogP contribution in [0.1, 0.15) is 13.8 Å². The van der Waals surface area contributed by atoms with E-state index in [9.17, 15) is 4.79 Å². The van der Waals surface area contributed by atoms with Crippen molar-refractivity contribution >= 4 is 22.8 Å². The molecule has 1 aromatic heterocycles.